The van der Waals surface area contributed by atoms with E-state index in [1.54, 1.807) is 0 Å². The Bertz CT molecular complexity index is 465. The van der Waals surface area contributed by atoms with Crippen molar-refractivity contribution in [3.05, 3.63) is 47.1 Å². The second kappa shape index (κ2) is 4.49. The molecule has 84 valence electrons. The third-order valence-electron chi connectivity index (χ3n) is 1.93. The lowest BCUT2D eigenvalue weighted by molar-refractivity contribution is 0.511. The van der Waals surface area contributed by atoms with Crippen LogP contribution in [-0.4, -0.2) is 4.98 Å². The number of benzene rings is 1. The van der Waals surface area contributed by atoms with Crippen LogP contribution in [0.3, 0.4) is 0 Å². The van der Waals surface area contributed by atoms with Crippen molar-refractivity contribution in [2.45, 2.75) is 6.54 Å². The fraction of sp³-hybridized carbons (Fsp3) is 0.100. The molecule has 1 N–H and O–H groups in total. The van der Waals surface area contributed by atoms with E-state index in [0.717, 1.165) is 12.1 Å². The molecule has 1 heterocycles. The summed E-state index contributed by atoms with van der Waals surface area (Å²) in [6, 6.07) is 1.79. The molecule has 6 heteroatoms. The highest BCUT2D eigenvalue weighted by molar-refractivity contribution is 6.33. The lowest BCUT2D eigenvalue weighted by Crippen LogP contribution is -2.01. The van der Waals surface area contributed by atoms with Crippen molar-refractivity contribution in [3.8, 4) is 0 Å². The summed E-state index contributed by atoms with van der Waals surface area (Å²) in [6.07, 6.45) is 2.75. The number of nitrogens with zero attached hydrogens (tertiary/aromatic N) is 1. The molecule has 0 bridgehead atoms. The lowest BCUT2D eigenvalue weighted by atomic mass is 10.3. The maximum absolute atomic E-state index is 13.3. The van der Waals surface area contributed by atoms with Crippen molar-refractivity contribution in [2.75, 3.05) is 5.32 Å². The number of hydrogen-bond acceptors (Lipinski definition) is 3. The van der Waals surface area contributed by atoms with Gasteiger partial charge < -0.3 is 9.73 Å². The number of nitrogens with one attached hydrogen (secondary N) is 1. The third kappa shape index (κ3) is 2.30. The van der Waals surface area contributed by atoms with Gasteiger partial charge in [0.15, 0.2) is 12.2 Å². The standard InChI is InChI=1S/C10H7ClF2N2O/c11-8-1-6(12)2-9(13)10(8)15-4-7-3-14-5-16-7/h1-3,5,15H,4H2. The second-order valence-corrected chi connectivity index (χ2v) is 3.47. The molecule has 3 nitrogen and oxygen atoms in total. The van der Waals surface area contributed by atoms with Crippen LogP contribution in [0.4, 0.5) is 14.5 Å². The Morgan fingerprint density at radius 1 is 1.38 bits per heavy atom. The van der Waals surface area contributed by atoms with Crippen molar-refractivity contribution in [2.24, 2.45) is 0 Å². The smallest absolute Gasteiger partial charge is 0.180 e. The van der Waals surface area contributed by atoms with Gasteiger partial charge in [0.25, 0.3) is 0 Å². The van der Waals surface area contributed by atoms with Gasteiger partial charge in [0, 0.05) is 6.07 Å². The molecule has 0 saturated carbocycles. The van der Waals surface area contributed by atoms with E-state index in [9.17, 15) is 8.78 Å². The first kappa shape index (κ1) is 10.9. The van der Waals surface area contributed by atoms with Crippen LogP contribution in [0, 0.1) is 11.6 Å². The molecule has 0 spiro atoms. The first-order valence-electron chi connectivity index (χ1n) is 4.42. The molecule has 2 rings (SSSR count). The summed E-state index contributed by atoms with van der Waals surface area (Å²) < 4.78 is 31.0. The Morgan fingerprint density at radius 3 is 2.81 bits per heavy atom. The number of oxazole rings is 1. The summed E-state index contributed by atoms with van der Waals surface area (Å²) in [5.41, 5.74) is 0.0412. The van der Waals surface area contributed by atoms with Crippen LogP contribution in [-0.2, 0) is 6.54 Å². The molecule has 0 atom stereocenters. The Labute approximate surface area is 95.1 Å². The molecule has 1 aromatic heterocycles. The summed E-state index contributed by atoms with van der Waals surface area (Å²) in [6.45, 7) is 0.224. The van der Waals surface area contributed by atoms with Crippen LogP contribution in [0.2, 0.25) is 5.02 Å². The Hall–Kier alpha value is -1.62. The summed E-state index contributed by atoms with van der Waals surface area (Å²) in [4.78, 5) is 3.70. The van der Waals surface area contributed by atoms with E-state index in [4.69, 9.17) is 16.0 Å². The largest absolute Gasteiger partial charge is 0.447 e. The van der Waals surface area contributed by atoms with Crippen LogP contribution in [0.25, 0.3) is 0 Å². The second-order valence-electron chi connectivity index (χ2n) is 3.07. The topological polar surface area (TPSA) is 38.1 Å². The molecule has 0 aliphatic carbocycles. The van der Waals surface area contributed by atoms with Gasteiger partial charge in [-0.05, 0) is 6.07 Å². The van der Waals surface area contributed by atoms with Gasteiger partial charge in [0.2, 0.25) is 0 Å². The Balaban J connectivity index is 2.15. The van der Waals surface area contributed by atoms with Gasteiger partial charge in [-0.25, -0.2) is 13.8 Å². The molecule has 0 aliphatic rings. The molecular weight excluding hydrogens is 238 g/mol. The van der Waals surface area contributed by atoms with Gasteiger partial charge in [-0.1, -0.05) is 11.6 Å². The Kier molecular flexibility index (Phi) is 3.05. The number of aromatic nitrogens is 1. The predicted molar refractivity (Wildman–Crippen MR) is 55.2 cm³/mol. The van der Waals surface area contributed by atoms with Gasteiger partial charge in [0.1, 0.15) is 11.6 Å². The molecule has 0 saturated heterocycles. The maximum atomic E-state index is 13.3. The van der Waals surface area contributed by atoms with E-state index < -0.39 is 11.6 Å². The molecule has 0 unspecified atom stereocenters. The van der Waals surface area contributed by atoms with Gasteiger partial charge >= 0.3 is 0 Å². The van der Waals surface area contributed by atoms with Crippen molar-refractivity contribution in [1.82, 2.24) is 4.98 Å². The van der Waals surface area contributed by atoms with Crippen LogP contribution in [0.5, 0.6) is 0 Å². The average molecular weight is 245 g/mol. The van der Waals surface area contributed by atoms with Crippen LogP contribution in [0.15, 0.2) is 29.1 Å². The van der Waals surface area contributed by atoms with Crippen LogP contribution < -0.4 is 5.32 Å². The Morgan fingerprint density at radius 2 is 2.19 bits per heavy atom. The lowest BCUT2D eigenvalue weighted by Gasteiger charge is -2.07. The van der Waals surface area contributed by atoms with E-state index in [-0.39, 0.29) is 17.3 Å². The van der Waals surface area contributed by atoms with E-state index in [2.05, 4.69) is 10.3 Å². The van der Waals surface area contributed by atoms with Crippen LogP contribution in [0.1, 0.15) is 5.76 Å². The molecule has 0 radical (unpaired) electrons. The van der Waals surface area contributed by atoms with E-state index >= 15 is 0 Å². The normalized spacial score (nSPS) is 10.4. The first-order valence-corrected chi connectivity index (χ1v) is 4.80. The monoisotopic (exact) mass is 244 g/mol. The van der Waals surface area contributed by atoms with Gasteiger partial charge in [0.05, 0.1) is 23.5 Å². The number of halogens is 3. The summed E-state index contributed by atoms with van der Waals surface area (Å²) in [5.74, 6) is -0.933. The van der Waals surface area contributed by atoms with Crippen molar-refractivity contribution >= 4 is 17.3 Å². The highest BCUT2D eigenvalue weighted by Crippen LogP contribution is 2.26. The average Bonchev–Trinajstić information content (AvgIpc) is 2.68. The molecule has 0 aliphatic heterocycles. The minimum absolute atomic E-state index is 0.0167. The SMILES string of the molecule is Fc1cc(F)c(NCc2cnco2)c(Cl)c1. The van der Waals surface area contributed by atoms with Gasteiger partial charge in [-0.3, -0.25) is 0 Å². The zero-order valence-corrected chi connectivity index (χ0v) is 8.76. The van der Waals surface area contributed by atoms with Crippen molar-refractivity contribution in [1.29, 1.82) is 0 Å². The molecule has 16 heavy (non-hydrogen) atoms. The molecule has 0 fully saturated rings. The van der Waals surface area contributed by atoms with Gasteiger partial charge in [-0.2, -0.15) is 0 Å². The summed E-state index contributed by atoms with van der Waals surface area (Å²) >= 11 is 5.69. The fourth-order valence-electron chi connectivity index (χ4n) is 1.22. The van der Waals surface area contributed by atoms with E-state index in [0.29, 0.717) is 5.76 Å². The number of anilines is 1. The molecule has 1 aromatic carbocycles. The number of rotatable bonds is 3. The minimum atomic E-state index is -0.746. The molecule has 0 amide bonds. The van der Waals surface area contributed by atoms with E-state index in [1.165, 1.54) is 12.6 Å². The fourth-order valence-corrected chi connectivity index (χ4v) is 1.48. The summed E-state index contributed by atoms with van der Waals surface area (Å²) in [7, 11) is 0. The van der Waals surface area contributed by atoms with Crippen molar-refractivity contribution in [3.63, 3.8) is 0 Å². The predicted octanol–water partition coefficient (Wildman–Crippen LogP) is 3.22. The minimum Gasteiger partial charge on any atom is -0.447 e. The van der Waals surface area contributed by atoms with E-state index in [1.807, 2.05) is 0 Å². The third-order valence-corrected chi connectivity index (χ3v) is 2.23. The van der Waals surface area contributed by atoms with Crippen molar-refractivity contribution < 1.29 is 13.2 Å². The highest BCUT2D eigenvalue weighted by Gasteiger charge is 2.10. The molecule has 2 aromatic rings. The quantitative estimate of drug-likeness (QED) is 0.901. The molecular formula is C10H7ClF2N2O. The first-order chi connectivity index (χ1) is 7.66. The maximum Gasteiger partial charge on any atom is 0.180 e. The number of hydrogen-bond donors (Lipinski definition) is 1. The highest BCUT2D eigenvalue weighted by atomic mass is 35.5. The van der Waals surface area contributed by atoms with Crippen LogP contribution >= 0.6 is 11.6 Å². The van der Waals surface area contributed by atoms with Gasteiger partial charge in [-0.15, -0.1) is 0 Å². The zero-order chi connectivity index (χ0) is 11.5. The summed E-state index contributed by atoms with van der Waals surface area (Å²) in [5, 5.41) is 2.69. The zero-order valence-electron chi connectivity index (χ0n) is 8.01.